The van der Waals surface area contributed by atoms with E-state index < -0.39 is 11.9 Å². The maximum absolute atomic E-state index is 13.7. The third-order valence-electron chi connectivity index (χ3n) is 3.38. The van der Waals surface area contributed by atoms with Crippen molar-refractivity contribution >= 4 is 11.8 Å². The minimum Gasteiger partial charge on any atom is -0.391 e. The number of aliphatic hydroxyl groups is 1. The first-order valence-corrected chi connectivity index (χ1v) is 6.91. The van der Waals surface area contributed by atoms with Crippen molar-refractivity contribution in [1.82, 2.24) is 9.97 Å². The van der Waals surface area contributed by atoms with Gasteiger partial charge in [-0.3, -0.25) is 0 Å². The van der Waals surface area contributed by atoms with Crippen LogP contribution in [0, 0.1) is 5.82 Å². The number of hydrogen-bond donors (Lipinski definition) is 3. The van der Waals surface area contributed by atoms with E-state index in [9.17, 15) is 9.50 Å². The van der Waals surface area contributed by atoms with Gasteiger partial charge in [0.25, 0.3) is 0 Å². The van der Waals surface area contributed by atoms with Crippen LogP contribution in [0.2, 0.25) is 0 Å². The van der Waals surface area contributed by atoms with Crippen molar-refractivity contribution in [1.29, 1.82) is 0 Å². The fourth-order valence-corrected chi connectivity index (χ4v) is 2.34. The molecule has 0 aromatic carbocycles. The highest BCUT2D eigenvalue weighted by Crippen LogP contribution is 2.22. The van der Waals surface area contributed by atoms with E-state index in [4.69, 9.17) is 0 Å². The summed E-state index contributed by atoms with van der Waals surface area (Å²) in [5.41, 5.74) is 0. The number of hydrogen-bond acceptors (Lipinski definition) is 5. The molecular weight excluding hydrogens is 247 g/mol. The zero-order chi connectivity index (χ0) is 13.7. The highest BCUT2D eigenvalue weighted by atomic mass is 19.1. The first kappa shape index (κ1) is 14.0. The molecule has 19 heavy (non-hydrogen) atoms. The monoisotopic (exact) mass is 268 g/mol. The van der Waals surface area contributed by atoms with Gasteiger partial charge in [-0.1, -0.05) is 19.3 Å². The Morgan fingerprint density at radius 2 is 2.16 bits per heavy atom. The molecule has 0 spiro atoms. The van der Waals surface area contributed by atoms with Crippen molar-refractivity contribution in [2.45, 2.75) is 51.2 Å². The zero-order valence-corrected chi connectivity index (χ0v) is 11.2. The van der Waals surface area contributed by atoms with Crippen LogP contribution in [0.5, 0.6) is 0 Å². The number of aliphatic hydroxyl groups excluding tert-OH is 1. The van der Waals surface area contributed by atoms with E-state index in [1.54, 1.807) is 0 Å². The molecule has 2 rings (SSSR count). The van der Waals surface area contributed by atoms with Gasteiger partial charge in [0, 0.05) is 6.54 Å². The molecule has 1 aliphatic rings. The summed E-state index contributed by atoms with van der Waals surface area (Å²) in [4.78, 5) is 7.96. The standard InChI is InChI=1S/C13H21FN4O/c1-2-15-13-16-8-9(14)12(18-13)17-10-6-4-3-5-7-11(10)19/h8,10-11,19H,2-7H2,1H3,(H2,15,16,17,18). The Kier molecular flexibility index (Phi) is 4.90. The Balaban J connectivity index is 2.09. The van der Waals surface area contributed by atoms with Crippen LogP contribution in [0.1, 0.15) is 39.0 Å². The second-order valence-electron chi connectivity index (χ2n) is 4.88. The number of aromatic nitrogens is 2. The van der Waals surface area contributed by atoms with Crippen molar-refractivity contribution < 1.29 is 9.50 Å². The normalized spacial score (nSPS) is 23.7. The third kappa shape index (κ3) is 3.76. The minimum atomic E-state index is -0.488. The smallest absolute Gasteiger partial charge is 0.224 e. The molecule has 1 heterocycles. The van der Waals surface area contributed by atoms with Gasteiger partial charge in [-0.25, -0.2) is 9.37 Å². The van der Waals surface area contributed by atoms with Gasteiger partial charge < -0.3 is 15.7 Å². The Labute approximate surface area is 112 Å². The molecule has 106 valence electrons. The second-order valence-corrected chi connectivity index (χ2v) is 4.88. The summed E-state index contributed by atoms with van der Waals surface area (Å²) in [6.45, 7) is 2.60. The maximum atomic E-state index is 13.7. The van der Waals surface area contributed by atoms with Crippen LogP contribution in [0.25, 0.3) is 0 Å². The van der Waals surface area contributed by atoms with Gasteiger partial charge in [-0.15, -0.1) is 0 Å². The highest BCUT2D eigenvalue weighted by Gasteiger charge is 2.23. The van der Waals surface area contributed by atoms with Crippen molar-refractivity contribution in [3.63, 3.8) is 0 Å². The zero-order valence-electron chi connectivity index (χ0n) is 11.2. The topological polar surface area (TPSA) is 70.1 Å². The fourth-order valence-electron chi connectivity index (χ4n) is 2.34. The first-order chi connectivity index (χ1) is 9.20. The predicted molar refractivity (Wildman–Crippen MR) is 72.7 cm³/mol. The Hall–Kier alpha value is -1.43. The third-order valence-corrected chi connectivity index (χ3v) is 3.38. The molecule has 0 saturated heterocycles. The summed E-state index contributed by atoms with van der Waals surface area (Å²) >= 11 is 0. The van der Waals surface area contributed by atoms with E-state index in [2.05, 4.69) is 20.6 Å². The lowest BCUT2D eigenvalue weighted by Crippen LogP contribution is -2.33. The molecule has 0 amide bonds. The van der Waals surface area contributed by atoms with Crippen LogP contribution >= 0.6 is 0 Å². The summed E-state index contributed by atoms with van der Waals surface area (Å²) in [5.74, 6) is 0.0736. The number of nitrogens with zero attached hydrogens (tertiary/aromatic N) is 2. The molecular formula is C13H21FN4O. The van der Waals surface area contributed by atoms with Crippen LogP contribution in [0.3, 0.4) is 0 Å². The number of nitrogens with one attached hydrogen (secondary N) is 2. The number of halogens is 1. The lowest BCUT2D eigenvalue weighted by Gasteiger charge is -2.22. The summed E-state index contributed by atoms with van der Waals surface area (Å²) in [5, 5.41) is 16.0. The molecule has 2 atom stereocenters. The van der Waals surface area contributed by atoms with Gasteiger partial charge in [-0.05, 0) is 19.8 Å². The molecule has 6 heteroatoms. The van der Waals surface area contributed by atoms with Gasteiger partial charge in [-0.2, -0.15) is 4.98 Å². The number of anilines is 2. The van der Waals surface area contributed by atoms with Crippen LogP contribution in [-0.4, -0.2) is 33.8 Å². The molecule has 1 fully saturated rings. The molecule has 1 aromatic heterocycles. The van der Waals surface area contributed by atoms with E-state index >= 15 is 0 Å². The summed E-state index contributed by atoms with van der Waals surface area (Å²) in [7, 11) is 0. The van der Waals surface area contributed by atoms with Gasteiger partial charge in [0.05, 0.1) is 18.3 Å². The average Bonchev–Trinajstić information content (AvgIpc) is 2.59. The van der Waals surface area contributed by atoms with Crippen molar-refractivity contribution in [3.05, 3.63) is 12.0 Å². The van der Waals surface area contributed by atoms with Gasteiger partial charge in [0.2, 0.25) is 5.95 Å². The molecule has 5 nitrogen and oxygen atoms in total. The first-order valence-electron chi connectivity index (χ1n) is 6.91. The molecule has 0 aliphatic heterocycles. The summed E-state index contributed by atoms with van der Waals surface area (Å²) < 4.78 is 13.7. The fraction of sp³-hybridized carbons (Fsp3) is 0.692. The summed E-state index contributed by atoms with van der Waals surface area (Å²) in [6, 6.07) is -0.138. The second kappa shape index (κ2) is 6.65. The predicted octanol–water partition coefficient (Wildman–Crippen LogP) is 2.15. The Morgan fingerprint density at radius 3 is 2.95 bits per heavy atom. The van der Waals surface area contributed by atoms with E-state index in [1.165, 1.54) is 0 Å². The molecule has 3 N–H and O–H groups in total. The van der Waals surface area contributed by atoms with Crippen LogP contribution in [0.15, 0.2) is 6.20 Å². The number of rotatable bonds is 4. The van der Waals surface area contributed by atoms with E-state index in [0.717, 1.165) is 38.3 Å². The minimum absolute atomic E-state index is 0.138. The lowest BCUT2D eigenvalue weighted by molar-refractivity contribution is 0.144. The van der Waals surface area contributed by atoms with E-state index in [-0.39, 0.29) is 11.9 Å². The highest BCUT2D eigenvalue weighted by molar-refractivity contribution is 5.42. The largest absolute Gasteiger partial charge is 0.391 e. The molecule has 1 aromatic rings. The van der Waals surface area contributed by atoms with Crippen LogP contribution in [-0.2, 0) is 0 Å². The van der Waals surface area contributed by atoms with Crippen molar-refractivity contribution in [2.24, 2.45) is 0 Å². The SMILES string of the molecule is CCNc1ncc(F)c(NC2CCCCCC2O)n1. The van der Waals surface area contributed by atoms with E-state index in [0.29, 0.717) is 12.5 Å². The van der Waals surface area contributed by atoms with Gasteiger partial charge in [0.15, 0.2) is 11.6 Å². The van der Waals surface area contributed by atoms with Crippen LogP contribution in [0.4, 0.5) is 16.2 Å². The molecule has 1 aliphatic carbocycles. The maximum Gasteiger partial charge on any atom is 0.224 e. The van der Waals surface area contributed by atoms with Gasteiger partial charge >= 0.3 is 0 Å². The van der Waals surface area contributed by atoms with Crippen molar-refractivity contribution in [3.8, 4) is 0 Å². The molecule has 2 unspecified atom stereocenters. The molecule has 0 radical (unpaired) electrons. The lowest BCUT2D eigenvalue weighted by atomic mass is 10.1. The molecule has 0 bridgehead atoms. The van der Waals surface area contributed by atoms with Crippen molar-refractivity contribution in [2.75, 3.05) is 17.2 Å². The van der Waals surface area contributed by atoms with E-state index in [1.807, 2.05) is 6.92 Å². The Bertz CT molecular complexity index is 416. The summed E-state index contributed by atoms with van der Waals surface area (Å²) in [6.07, 6.45) is 5.47. The Morgan fingerprint density at radius 1 is 1.37 bits per heavy atom. The average molecular weight is 268 g/mol. The van der Waals surface area contributed by atoms with Crippen LogP contribution < -0.4 is 10.6 Å². The molecule has 1 saturated carbocycles. The quantitative estimate of drug-likeness (QED) is 0.730. The van der Waals surface area contributed by atoms with Gasteiger partial charge in [0.1, 0.15) is 0 Å².